The van der Waals surface area contributed by atoms with Crippen molar-refractivity contribution >= 4 is 16.1 Å². The first-order valence-corrected chi connectivity index (χ1v) is 10.9. The second-order valence-electron chi connectivity index (χ2n) is 7.63. The summed E-state index contributed by atoms with van der Waals surface area (Å²) in [6.45, 7) is 1.71. The fourth-order valence-corrected chi connectivity index (χ4v) is 4.96. The second-order valence-corrected chi connectivity index (χ2v) is 9.41. The first-order chi connectivity index (χ1) is 12.4. The van der Waals surface area contributed by atoms with Crippen LogP contribution >= 0.6 is 0 Å². The molecule has 1 saturated heterocycles. The number of sulfonamides is 1. The molecule has 3 atom stereocenters. The number of alkyl halides is 3. The molecule has 27 heavy (non-hydrogen) atoms. The van der Waals surface area contributed by atoms with Crippen LogP contribution in [0.15, 0.2) is 0 Å². The van der Waals surface area contributed by atoms with Gasteiger partial charge in [-0.15, -0.1) is 0 Å². The smallest absolute Gasteiger partial charge is 0.407 e. The summed E-state index contributed by atoms with van der Waals surface area (Å²) >= 11 is 0. The molecule has 1 aliphatic heterocycles. The predicted octanol–water partition coefficient (Wildman–Crippen LogP) is 2.57. The van der Waals surface area contributed by atoms with Crippen LogP contribution in [-0.2, 0) is 14.8 Å². The molecule has 1 saturated carbocycles. The van der Waals surface area contributed by atoms with Gasteiger partial charge in [0.15, 0.2) is 0 Å². The van der Waals surface area contributed by atoms with Crippen LogP contribution in [0.5, 0.6) is 0 Å². The summed E-state index contributed by atoms with van der Waals surface area (Å²) in [5.41, 5.74) is 0. The van der Waals surface area contributed by atoms with Crippen LogP contribution in [0.2, 0.25) is 0 Å². The molecule has 0 aromatic heterocycles. The number of carbonyl (C=O) groups is 1. The number of halogens is 3. The van der Waals surface area contributed by atoms with Gasteiger partial charge in [-0.3, -0.25) is 4.90 Å². The molecule has 0 radical (unpaired) electrons. The Bertz CT molecular complexity index is 620. The van der Waals surface area contributed by atoms with Crippen LogP contribution in [0, 0.1) is 5.92 Å². The number of nitrogens with zero attached hydrogens (tertiary/aromatic N) is 1. The van der Waals surface area contributed by atoms with Gasteiger partial charge in [-0.1, -0.05) is 0 Å². The minimum Gasteiger partial charge on any atom is -0.465 e. The van der Waals surface area contributed by atoms with Crippen molar-refractivity contribution in [2.24, 2.45) is 5.92 Å². The standard InChI is InChI=1S/C16H27F3N2O5S/c1-10-7-13(20-27(2,24)25)14(21(10)15(22)23)9-26-12-5-3-11(4-6-12)8-16(17,18)19/h10-14,20H,3-9H2,1-2H3,(H,22,23). The van der Waals surface area contributed by atoms with Crippen LogP contribution < -0.4 is 4.72 Å². The Morgan fingerprint density at radius 2 is 1.85 bits per heavy atom. The number of nitrogens with one attached hydrogen (secondary N) is 1. The summed E-state index contributed by atoms with van der Waals surface area (Å²) < 4.78 is 68.8. The summed E-state index contributed by atoms with van der Waals surface area (Å²) in [6, 6.07) is -1.62. The summed E-state index contributed by atoms with van der Waals surface area (Å²) in [5.74, 6) is -0.397. The fourth-order valence-electron chi connectivity index (χ4n) is 4.15. The van der Waals surface area contributed by atoms with Crippen molar-refractivity contribution in [3.63, 3.8) is 0 Å². The lowest BCUT2D eigenvalue weighted by atomic mass is 9.85. The molecule has 2 N–H and O–H groups in total. The maximum Gasteiger partial charge on any atom is 0.407 e. The Hall–Kier alpha value is -1.07. The van der Waals surface area contributed by atoms with E-state index in [1.54, 1.807) is 6.92 Å². The highest BCUT2D eigenvalue weighted by Gasteiger charge is 2.43. The van der Waals surface area contributed by atoms with Crippen LogP contribution in [-0.4, -0.2) is 67.8 Å². The van der Waals surface area contributed by atoms with Crippen molar-refractivity contribution in [2.75, 3.05) is 12.9 Å². The van der Waals surface area contributed by atoms with Gasteiger partial charge in [0.05, 0.1) is 25.0 Å². The van der Waals surface area contributed by atoms with Crippen molar-refractivity contribution in [2.45, 2.75) is 75.9 Å². The van der Waals surface area contributed by atoms with Gasteiger partial charge in [0.2, 0.25) is 10.0 Å². The summed E-state index contributed by atoms with van der Waals surface area (Å²) in [7, 11) is -3.51. The Morgan fingerprint density at radius 1 is 1.26 bits per heavy atom. The fraction of sp³-hybridized carbons (Fsp3) is 0.938. The Labute approximate surface area is 157 Å². The highest BCUT2D eigenvalue weighted by atomic mass is 32.2. The van der Waals surface area contributed by atoms with Crippen molar-refractivity contribution in [1.29, 1.82) is 0 Å². The molecule has 11 heteroatoms. The van der Waals surface area contributed by atoms with Gasteiger partial charge < -0.3 is 9.84 Å². The number of hydrogen-bond acceptors (Lipinski definition) is 4. The summed E-state index contributed by atoms with van der Waals surface area (Å²) in [5, 5.41) is 9.44. The molecule has 3 unspecified atom stereocenters. The summed E-state index contributed by atoms with van der Waals surface area (Å²) in [6.07, 6.45) is -3.18. The van der Waals surface area contributed by atoms with E-state index in [4.69, 9.17) is 4.74 Å². The van der Waals surface area contributed by atoms with E-state index in [0.29, 0.717) is 32.1 Å². The maximum absolute atomic E-state index is 12.5. The molecule has 0 bridgehead atoms. The van der Waals surface area contributed by atoms with Gasteiger partial charge in [0.25, 0.3) is 0 Å². The molecule has 7 nitrogen and oxygen atoms in total. The van der Waals surface area contributed by atoms with Gasteiger partial charge >= 0.3 is 12.3 Å². The number of amides is 1. The van der Waals surface area contributed by atoms with E-state index in [1.807, 2.05) is 0 Å². The number of likely N-dealkylation sites (tertiary alicyclic amines) is 1. The molecule has 0 spiro atoms. The average Bonchev–Trinajstić information content (AvgIpc) is 2.78. The van der Waals surface area contributed by atoms with E-state index in [1.165, 1.54) is 4.90 Å². The van der Waals surface area contributed by atoms with Gasteiger partial charge in [-0.2, -0.15) is 13.2 Å². The van der Waals surface area contributed by atoms with E-state index in [0.717, 1.165) is 6.26 Å². The molecule has 2 aliphatic rings. The minimum atomic E-state index is -4.16. The molecule has 2 fully saturated rings. The number of ether oxygens (including phenoxy) is 1. The molecular weight excluding hydrogens is 389 g/mol. The monoisotopic (exact) mass is 416 g/mol. The lowest BCUT2D eigenvalue weighted by Gasteiger charge is -2.32. The lowest BCUT2D eigenvalue weighted by molar-refractivity contribution is -0.148. The van der Waals surface area contributed by atoms with Crippen LogP contribution in [0.1, 0.15) is 45.4 Å². The third-order valence-corrected chi connectivity index (χ3v) is 6.03. The minimum absolute atomic E-state index is 0.0123. The molecule has 0 aromatic rings. The predicted molar refractivity (Wildman–Crippen MR) is 91.9 cm³/mol. The van der Waals surface area contributed by atoms with Crippen LogP contribution in [0.4, 0.5) is 18.0 Å². The van der Waals surface area contributed by atoms with Crippen molar-refractivity contribution in [3.05, 3.63) is 0 Å². The number of rotatable bonds is 6. The topological polar surface area (TPSA) is 95.9 Å². The molecule has 158 valence electrons. The molecule has 1 aliphatic carbocycles. The zero-order chi connectivity index (χ0) is 20.4. The van der Waals surface area contributed by atoms with Gasteiger partial charge in [-0.25, -0.2) is 17.9 Å². The van der Waals surface area contributed by atoms with Crippen molar-refractivity contribution < 1.29 is 36.2 Å². The van der Waals surface area contributed by atoms with Crippen molar-refractivity contribution in [1.82, 2.24) is 9.62 Å². The zero-order valence-corrected chi connectivity index (χ0v) is 16.2. The number of hydrogen-bond donors (Lipinski definition) is 2. The van der Waals surface area contributed by atoms with E-state index < -0.39 is 46.7 Å². The first kappa shape index (κ1) is 22.2. The quantitative estimate of drug-likeness (QED) is 0.694. The molecular formula is C16H27F3N2O5S. The van der Waals surface area contributed by atoms with E-state index in [9.17, 15) is 31.5 Å². The van der Waals surface area contributed by atoms with Gasteiger partial charge in [0.1, 0.15) is 0 Å². The Morgan fingerprint density at radius 3 is 2.33 bits per heavy atom. The van der Waals surface area contributed by atoms with Gasteiger partial charge in [-0.05, 0) is 44.9 Å². The lowest BCUT2D eigenvalue weighted by Crippen LogP contribution is -2.50. The largest absolute Gasteiger partial charge is 0.465 e. The maximum atomic E-state index is 12.5. The Kier molecular flexibility index (Phi) is 7.01. The summed E-state index contributed by atoms with van der Waals surface area (Å²) in [4.78, 5) is 12.7. The Balaban J connectivity index is 1.92. The molecule has 2 rings (SSSR count). The highest BCUT2D eigenvalue weighted by Crippen LogP contribution is 2.35. The van der Waals surface area contributed by atoms with E-state index in [2.05, 4.69) is 4.72 Å². The molecule has 1 heterocycles. The third kappa shape index (κ3) is 6.79. The van der Waals surface area contributed by atoms with Crippen LogP contribution in [0.25, 0.3) is 0 Å². The van der Waals surface area contributed by atoms with Crippen molar-refractivity contribution in [3.8, 4) is 0 Å². The van der Waals surface area contributed by atoms with E-state index >= 15 is 0 Å². The molecule has 0 aromatic carbocycles. The third-order valence-electron chi connectivity index (χ3n) is 5.29. The van der Waals surface area contributed by atoms with Crippen LogP contribution in [0.3, 0.4) is 0 Å². The van der Waals surface area contributed by atoms with Gasteiger partial charge in [0, 0.05) is 18.5 Å². The second kappa shape index (κ2) is 8.52. The van der Waals surface area contributed by atoms with E-state index in [-0.39, 0.29) is 18.8 Å². The first-order valence-electron chi connectivity index (χ1n) is 9.02. The average molecular weight is 416 g/mol. The SMILES string of the molecule is CC1CC(NS(C)(=O)=O)C(COC2CCC(CC(F)(F)F)CC2)N1C(=O)O. The highest BCUT2D eigenvalue weighted by molar-refractivity contribution is 7.88. The zero-order valence-electron chi connectivity index (χ0n) is 15.4. The normalized spacial score (nSPS) is 32.6. The molecule has 1 amide bonds. The number of carboxylic acid groups (broad SMARTS) is 1.